The molecule has 0 aliphatic heterocycles. The number of hydrogen-bond donors (Lipinski definition) is 1. The molecule has 1 aliphatic rings. The second kappa shape index (κ2) is 5.31. The molecule has 0 spiro atoms. The summed E-state index contributed by atoms with van der Waals surface area (Å²) in [7, 11) is 4.37. The molecule has 0 aromatic heterocycles. The average Bonchev–Trinajstić information content (AvgIpc) is 2.15. The predicted molar refractivity (Wildman–Crippen MR) is 67.2 cm³/mol. The first kappa shape index (κ1) is 13.0. The standard InChI is InChI=1S/C13H28N2/c1-13(2,3)10-15(5)12-8-6-11(14-4)7-9-12/h11-12,14H,6-10H2,1-5H3. The molecule has 2 nitrogen and oxygen atoms in total. The lowest BCUT2D eigenvalue weighted by atomic mass is 9.88. The molecule has 15 heavy (non-hydrogen) atoms. The molecular weight excluding hydrogens is 184 g/mol. The number of hydrogen-bond acceptors (Lipinski definition) is 2. The predicted octanol–water partition coefficient (Wildman–Crippen LogP) is 2.49. The molecule has 1 saturated carbocycles. The highest BCUT2D eigenvalue weighted by molar-refractivity contribution is 4.82. The van der Waals surface area contributed by atoms with Crippen molar-refractivity contribution in [1.82, 2.24) is 10.2 Å². The van der Waals surface area contributed by atoms with Crippen molar-refractivity contribution >= 4 is 0 Å². The van der Waals surface area contributed by atoms with E-state index in [1.54, 1.807) is 0 Å². The van der Waals surface area contributed by atoms with Crippen LogP contribution in [0.3, 0.4) is 0 Å². The minimum atomic E-state index is 0.425. The summed E-state index contributed by atoms with van der Waals surface area (Å²) in [5, 5.41) is 3.39. The first-order valence-corrected chi connectivity index (χ1v) is 6.30. The van der Waals surface area contributed by atoms with Crippen LogP contribution < -0.4 is 5.32 Å². The topological polar surface area (TPSA) is 15.3 Å². The maximum atomic E-state index is 3.39. The SMILES string of the molecule is CNC1CCC(N(C)CC(C)(C)C)CC1. The van der Waals surface area contributed by atoms with Gasteiger partial charge in [0.25, 0.3) is 0 Å². The van der Waals surface area contributed by atoms with E-state index >= 15 is 0 Å². The van der Waals surface area contributed by atoms with E-state index in [0.717, 1.165) is 12.1 Å². The van der Waals surface area contributed by atoms with Crippen LogP contribution in [0.25, 0.3) is 0 Å². The molecule has 0 aromatic rings. The summed E-state index contributed by atoms with van der Waals surface area (Å²) < 4.78 is 0. The van der Waals surface area contributed by atoms with Gasteiger partial charge in [-0.2, -0.15) is 0 Å². The second-order valence-electron chi connectivity index (χ2n) is 6.27. The van der Waals surface area contributed by atoms with E-state index in [0.29, 0.717) is 5.41 Å². The Labute approximate surface area is 95.4 Å². The number of nitrogens with zero attached hydrogens (tertiary/aromatic N) is 1. The van der Waals surface area contributed by atoms with Crippen molar-refractivity contribution in [1.29, 1.82) is 0 Å². The summed E-state index contributed by atoms with van der Waals surface area (Å²) in [6.07, 6.45) is 5.40. The van der Waals surface area contributed by atoms with Gasteiger partial charge in [-0.15, -0.1) is 0 Å². The van der Waals surface area contributed by atoms with Gasteiger partial charge in [0.15, 0.2) is 0 Å². The molecular formula is C13H28N2. The van der Waals surface area contributed by atoms with E-state index in [2.05, 4.69) is 45.1 Å². The van der Waals surface area contributed by atoms with Crippen molar-refractivity contribution in [2.24, 2.45) is 5.41 Å². The molecule has 0 bridgehead atoms. The molecule has 0 radical (unpaired) electrons. The van der Waals surface area contributed by atoms with Gasteiger partial charge in [-0.25, -0.2) is 0 Å². The van der Waals surface area contributed by atoms with Crippen LogP contribution in [-0.2, 0) is 0 Å². The molecule has 0 aromatic carbocycles. The highest BCUT2D eigenvalue weighted by Crippen LogP contribution is 2.25. The van der Waals surface area contributed by atoms with Crippen LogP contribution in [0.15, 0.2) is 0 Å². The van der Waals surface area contributed by atoms with Crippen LogP contribution in [0.5, 0.6) is 0 Å². The Balaban J connectivity index is 2.33. The molecule has 0 amide bonds. The van der Waals surface area contributed by atoms with Gasteiger partial charge in [-0.3, -0.25) is 0 Å². The van der Waals surface area contributed by atoms with Crippen molar-refractivity contribution in [3.05, 3.63) is 0 Å². The molecule has 1 fully saturated rings. The van der Waals surface area contributed by atoms with Crippen molar-refractivity contribution in [2.45, 2.75) is 58.5 Å². The van der Waals surface area contributed by atoms with E-state index in [1.165, 1.54) is 32.2 Å². The molecule has 90 valence electrons. The highest BCUT2D eigenvalue weighted by Gasteiger charge is 2.25. The lowest BCUT2D eigenvalue weighted by Crippen LogP contribution is -2.42. The van der Waals surface area contributed by atoms with Gasteiger partial charge in [-0.05, 0) is 45.2 Å². The molecule has 0 atom stereocenters. The summed E-state index contributed by atoms with van der Waals surface area (Å²) >= 11 is 0. The Kier molecular flexibility index (Phi) is 4.60. The molecule has 0 unspecified atom stereocenters. The van der Waals surface area contributed by atoms with Crippen LogP contribution in [0, 0.1) is 5.41 Å². The summed E-state index contributed by atoms with van der Waals surface area (Å²) in [4.78, 5) is 2.56. The largest absolute Gasteiger partial charge is 0.317 e. The zero-order valence-corrected chi connectivity index (χ0v) is 11.1. The van der Waals surface area contributed by atoms with Crippen LogP contribution in [0.2, 0.25) is 0 Å². The molecule has 1 aliphatic carbocycles. The third-order valence-electron chi connectivity index (χ3n) is 3.45. The van der Waals surface area contributed by atoms with E-state index in [1.807, 2.05) is 0 Å². The van der Waals surface area contributed by atoms with Crippen LogP contribution in [-0.4, -0.2) is 37.6 Å². The normalized spacial score (nSPS) is 28.4. The van der Waals surface area contributed by atoms with Crippen molar-refractivity contribution in [3.63, 3.8) is 0 Å². The minimum absolute atomic E-state index is 0.425. The lowest BCUT2D eigenvalue weighted by Gasteiger charge is -2.37. The Bertz CT molecular complexity index is 175. The minimum Gasteiger partial charge on any atom is -0.317 e. The summed E-state index contributed by atoms with van der Waals surface area (Å²) in [5.41, 5.74) is 0.425. The van der Waals surface area contributed by atoms with Gasteiger partial charge in [0, 0.05) is 18.6 Å². The lowest BCUT2D eigenvalue weighted by molar-refractivity contribution is 0.132. The third-order valence-corrected chi connectivity index (χ3v) is 3.45. The fraction of sp³-hybridized carbons (Fsp3) is 1.00. The van der Waals surface area contributed by atoms with Gasteiger partial charge in [0.2, 0.25) is 0 Å². The second-order valence-corrected chi connectivity index (χ2v) is 6.27. The van der Waals surface area contributed by atoms with Gasteiger partial charge in [0.1, 0.15) is 0 Å². The quantitative estimate of drug-likeness (QED) is 0.773. The Hall–Kier alpha value is -0.0800. The van der Waals surface area contributed by atoms with Crippen molar-refractivity contribution < 1.29 is 0 Å². The van der Waals surface area contributed by atoms with Gasteiger partial charge < -0.3 is 10.2 Å². The fourth-order valence-electron chi connectivity index (χ4n) is 2.68. The Morgan fingerprint density at radius 3 is 2.07 bits per heavy atom. The molecule has 1 N–H and O–H groups in total. The summed E-state index contributed by atoms with van der Waals surface area (Å²) in [6, 6.07) is 1.58. The first-order chi connectivity index (χ1) is 6.92. The van der Waals surface area contributed by atoms with E-state index in [4.69, 9.17) is 0 Å². The average molecular weight is 212 g/mol. The maximum Gasteiger partial charge on any atom is 0.00935 e. The summed E-state index contributed by atoms with van der Waals surface area (Å²) in [5.74, 6) is 0. The van der Waals surface area contributed by atoms with E-state index in [-0.39, 0.29) is 0 Å². The molecule has 0 heterocycles. The zero-order chi connectivity index (χ0) is 11.5. The molecule has 1 rings (SSSR count). The van der Waals surface area contributed by atoms with Crippen LogP contribution in [0.4, 0.5) is 0 Å². The first-order valence-electron chi connectivity index (χ1n) is 6.30. The van der Waals surface area contributed by atoms with E-state index in [9.17, 15) is 0 Å². The van der Waals surface area contributed by atoms with Crippen molar-refractivity contribution in [3.8, 4) is 0 Å². The zero-order valence-electron chi connectivity index (χ0n) is 11.1. The smallest absolute Gasteiger partial charge is 0.00935 e. The van der Waals surface area contributed by atoms with Crippen LogP contribution >= 0.6 is 0 Å². The maximum absolute atomic E-state index is 3.39. The monoisotopic (exact) mass is 212 g/mol. The number of rotatable bonds is 3. The highest BCUT2D eigenvalue weighted by atomic mass is 15.1. The third kappa shape index (κ3) is 4.52. The Morgan fingerprint density at radius 2 is 1.67 bits per heavy atom. The van der Waals surface area contributed by atoms with Gasteiger partial charge >= 0.3 is 0 Å². The molecule has 2 heteroatoms. The van der Waals surface area contributed by atoms with Crippen LogP contribution in [0.1, 0.15) is 46.5 Å². The molecule has 0 saturated heterocycles. The Morgan fingerprint density at radius 1 is 1.13 bits per heavy atom. The fourth-order valence-corrected chi connectivity index (χ4v) is 2.68. The van der Waals surface area contributed by atoms with Gasteiger partial charge in [-0.1, -0.05) is 20.8 Å². The number of nitrogens with one attached hydrogen (secondary N) is 1. The van der Waals surface area contributed by atoms with Gasteiger partial charge in [0.05, 0.1) is 0 Å². The van der Waals surface area contributed by atoms with E-state index < -0.39 is 0 Å². The van der Waals surface area contributed by atoms with Crippen molar-refractivity contribution in [2.75, 3.05) is 20.6 Å². The summed E-state index contributed by atoms with van der Waals surface area (Å²) in [6.45, 7) is 8.18.